The molecule has 1 atom stereocenters. The molecule has 1 aromatic carbocycles. The van der Waals surface area contributed by atoms with Crippen LogP contribution in [0.5, 0.6) is 0 Å². The highest BCUT2D eigenvalue weighted by molar-refractivity contribution is 7.87. The zero-order valence-electron chi connectivity index (χ0n) is 18.7. The molecule has 0 amide bonds. The van der Waals surface area contributed by atoms with Gasteiger partial charge in [-0.2, -0.15) is 0 Å². The van der Waals surface area contributed by atoms with E-state index < -0.39 is 6.89 Å². The summed E-state index contributed by atoms with van der Waals surface area (Å²) in [5.74, 6) is 0. The highest BCUT2D eigenvalue weighted by Crippen LogP contribution is 2.65. The second kappa shape index (κ2) is 6.87. The summed E-state index contributed by atoms with van der Waals surface area (Å²) in [6.45, 7) is 22.2. The Hall–Kier alpha value is -1.00. The van der Waals surface area contributed by atoms with Crippen LogP contribution in [0.2, 0.25) is 0 Å². The lowest BCUT2D eigenvalue weighted by Crippen LogP contribution is -2.32. The zero-order chi connectivity index (χ0) is 20.0. The molecule has 1 heterocycles. The molecule has 0 radical (unpaired) electrons. The molecule has 0 N–H and O–H groups in total. The highest BCUT2D eigenvalue weighted by atomic mass is 31.2. The van der Waals surface area contributed by atoms with Crippen LogP contribution in [-0.2, 0) is 0 Å². The first-order valence-corrected chi connectivity index (χ1v) is 12.0. The fourth-order valence-electron chi connectivity index (χ4n) is 4.18. The Balaban J connectivity index is 3.08. The van der Waals surface area contributed by atoms with Gasteiger partial charge in [-0.25, -0.2) is 0 Å². The second-order valence-electron chi connectivity index (χ2n) is 10.7. The van der Waals surface area contributed by atoms with Crippen LogP contribution in [0.4, 0.5) is 0 Å². The first-order chi connectivity index (χ1) is 11.7. The van der Waals surface area contributed by atoms with E-state index in [9.17, 15) is 0 Å². The Labute approximate surface area is 162 Å². The largest absolute Gasteiger partial charge is 0.0622 e. The third-order valence-electron chi connectivity index (χ3n) is 5.48. The van der Waals surface area contributed by atoms with E-state index in [1.807, 2.05) is 0 Å². The predicted molar refractivity (Wildman–Crippen MR) is 123 cm³/mol. The second-order valence-corrected chi connectivity index (χ2v) is 14.5. The number of rotatable bonds is 2. The molecule has 1 aliphatic heterocycles. The first kappa shape index (κ1) is 21.3. The first-order valence-electron chi connectivity index (χ1n) is 10.0. The van der Waals surface area contributed by atoms with Gasteiger partial charge in [0.2, 0.25) is 0 Å². The fraction of sp³-hybridized carbons (Fsp3) is 0.560. The van der Waals surface area contributed by atoms with Gasteiger partial charge in [0.25, 0.3) is 0 Å². The molecule has 0 aromatic heterocycles. The van der Waals surface area contributed by atoms with E-state index in [2.05, 4.69) is 112 Å². The quantitative estimate of drug-likeness (QED) is 0.473. The van der Waals surface area contributed by atoms with Crippen LogP contribution in [0, 0.1) is 16.2 Å². The van der Waals surface area contributed by atoms with E-state index in [0.717, 1.165) is 0 Å². The van der Waals surface area contributed by atoms with E-state index >= 15 is 0 Å². The summed E-state index contributed by atoms with van der Waals surface area (Å²) >= 11 is 0. The molecule has 2 rings (SSSR count). The molecule has 0 spiro atoms. The minimum atomic E-state index is -1.59. The van der Waals surface area contributed by atoms with Crippen molar-refractivity contribution in [2.75, 3.05) is 6.16 Å². The maximum Gasteiger partial charge on any atom is -0.0124 e. The van der Waals surface area contributed by atoms with Crippen molar-refractivity contribution in [2.24, 2.45) is 16.2 Å². The molecule has 0 aliphatic carbocycles. The van der Waals surface area contributed by atoms with Crippen LogP contribution in [0.3, 0.4) is 0 Å². The van der Waals surface area contributed by atoms with Crippen LogP contribution < -0.4 is 5.30 Å². The molecule has 0 saturated heterocycles. The SMILES string of the molecule is CCP1(c2ccccc2)=C(C(C)(C)C)C=C(C(C)(C)C)C=C1C(C)(C)C. The maximum atomic E-state index is 2.57. The smallest absolute Gasteiger partial charge is 0.0124 e. The molecule has 0 nitrogen and oxygen atoms in total. The summed E-state index contributed by atoms with van der Waals surface area (Å²) in [7, 11) is 0. The van der Waals surface area contributed by atoms with Crippen LogP contribution in [0.1, 0.15) is 69.2 Å². The molecule has 1 heteroatoms. The molecule has 26 heavy (non-hydrogen) atoms. The van der Waals surface area contributed by atoms with Gasteiger partial charge >= 0.3 is 0 Å². The van der Waals surface area contributed by atoms with Gasteiger partial charge in [0.1, 0.15) is 0 Å². The minimum Gasteiger partial charge on any atom is -0.0622 e. The summed E-state index contributed by atoms with van der Waals surface area (Å²) in [5, 5.41) is 4.87. The highest BCUT2D eigenvalue weighted by Gasteiger charge is 2.40. The summed E-state index contributed by atoms with van der Waals surface area (Å²) in [6, 6.07) is 11.3. The Bertz CT molecular complexity index is 763. The Morgan fingerprint density at radius 2 is 1.23 bits per heavy atom. The normalized spacial score (nSPS) is 22.2. The number of hydrogen-bond acceptors (Lipinski definition) is 0. The molecule has 1 unspecified atom stereocenters. The van der Waals surface area contributed by atoms with Gasteiger partial charge in [0.05, 0.1) is 0 Å². The zero-order valence-corrected chi connectivity index (χ0v) is 19.6. The topological polar surface area (TPSA) is 0 Å². The van der Waals surface area contributed by atoms with E-state index in [0.29, 0.717) is 0 Å². The van der Waals surface area contributed by atoms with Gasteiger partial charge < -0.3 is 0 Å². The maximum absolute atomic E-state index is 2.57. The monoisotopic (exact) mass is 370 g/mol. The molecular weight excluding hydrogens is 331 g/mol. The number of benzene rings is 1. The fourth-order valence-corrected chi connectivity index (χ4v) is 9.73. The van der Waals surface area contributed by atoms with E-state index in [1.54, 1.807) is 10.6 Å². The summed E-state index contributed by atoms with van der Waals surface area (Å²) < 4.78 is 0. The molecule has 0 saturated carbocycles. The average Bonchev–Trinajstić information content (AvgIpc) is 2.51. The van der Waals surface area contributed by atoms with Gasteiger partial charge in [-0.1, -0.05) is 119 Å². The lowest BCUT2D eigenvalue weighted by Gasteiger charge is -2.45. The van der Waals surface area contributed by atoms with Crippen molar-refractivity contribution < 1.29 is 0 Å². The molecular formula is C25H39P. The third-order valence-corrected chi connectivity index (χ3v) is 10.9. The summed E-state index contributed by atoms with van der Waals surface area (Å²) in [4.78, 5) is 0. The minimum absolute atomic E-state index is 0.154. The van der Waals surface area contributed by atoms with E-state index in [-0.39, 0.29) is 16.2 Å². The van der Waals surface area contributed by atoms with Crippen molar-refractivity contribution in [1.82, 2.24) is 0 Å². The van der Waals surface area contributed by atoms with Crippen molar-refractivity contribution in [3.05, 3.63) is 53.4 Å². The summed E-state index contributed by atoms with van der Waals surface area (Å²) in [5.41, 5.74) is 1.95. The Kier molecular flexibility index (Phi) is 5.63. The van der Waals surface area contributed by atoms with Crippen molar-refractivity contribution in [3.63, 3.8) is 0 Å². The van der Waals surface area contributed by atoms with Crippen LogP contribution in [-0.4, -0.2) is 11.5 Å². The molecule has 0 bridgehead atoms. The van der Waals surface area contributed by atoms with Crippen molar-refractivity contribution in [3.8, 4) is 0 Å². The number of allylic oxidation sites excluding steroid dienone is 4. The van der Waals surface area contributed by atoms with Crippen molar-refractivity contribution in [1.29, 1.82) is 0 Å². The van der Waals surface area contributed by atoms with Crippen molar-refractivity contribution >= 4 is 17.5 Å². The standard InChI is InChI=1S/C25H39P/c1-11-26(20-15-13-12-14-16-20)21(24(5,6)7)17-19(23(2,3)4)18-22(26)25(8,9)10/h12-18H,11H2,1-10H3. The van der Waals surface area contributed by atoms with Gasteiger partial charge in [-0.3, -0.25) is 0 Å². The Morgan fingerprint density at radius 3 is 1.62 bits per heavy atom. The van der Waals surface area contributed by atoms with Crippen LogP contribution in [0.25, 0.3) is 0 Å². The van der Waals surface area contributed by atoms with Gasteiger partial charge in [-0.05, 0) is 43.9 Å². The predicted octanol–water partition coefficient (Wildman–Crippen LogP) is 7.48. The lowest BCUT2D eigenvalue weighted by molar-refractivity contribution is 0.502. The van der Waals surface area contributed by atoms with Gasteiger partial charge in [0.15, 0.2) is 0 Å². The van der Waals surface area contributed by atoms with Crippen LogP contribution in [0.15, 0.2) is 53.4 Å². The molecule has 0 fully saturated rings. The van der Waals surface area contributed by atoms with Crippen molar-refractivity contribution in [2.45, 2.75) is 69.2 Å². The van der Waals surface area contributed by atoms with E-state index in [1.165, 1.54) is 17.0 Å². The molecule has 1 aliphatic rings. The van der Waals surface area contributed by atoms with E-state index in [4.69, 9.17) is 0 Å². The van der Waals surface area contributed by atoms with Crippen LogP contribution >= 0.6 is 6.89 Å². The lowest BCUT2D eigenvalue weighted by atomic mass is 9.81. The van der Waals surface area contributed by atoms with Gasteiger partial charge in [0, 0.05) is 0 Å². The van der Waals surface area contributed by atoms with Gasteiger partial charge in [-0.15, -0.1) is 0 Å². The summed E-state index contributed by atoms with van der Waals surface area (Å²) in [6.07, 6.45) is 6.33. The average molecular weight is 371 g/mol. The Morgan fingerprint density at radius 1 is 0.692 bits per heavy atom. The third kappa shape index (κ3) is 3.82. The molecule has 1 aromatic rings. The molecule has 144 valence electrons. The number of hydrogen-bond donors (Lipinski definition) is 0.